The Morgan fingerprint density at radius 2 is 1.59 bits per heavy atom. The fraction of sp³-hybridized carbons (Fsp3) is 0.273. The van der Waals surface area contributed by atoms with E-state index < -0.39 is 51.4 Å². The Kier molecular flexibility index (Phi) is 7.88. The molecule has 2 aliphatic heterocycles. The standard InChI is InChI=1S/C33H28F3N3O5S2/c1-32(2,3)18-9-7-17(8-10-18)24-25-26(29(43)39(28(25)42)21-6-4-5-19(15-21)33(34,35)36)45-30-27(24)46-31(44)38(30)16-23(41)37-20-11-13-22(40)14-12-20/h4-15,24-26,40H,16H2,1-3H3,(H,37,41)/t24-,25-,26+/m0/s1. The first kappa shape index (κ1) is 31.6. The second-order valence-corrected chi connectivity index (χ2v) is 14.3. The Bertz CT molecular complexity index is 1910. The molecular weight excluding hydrogens is 640 g/mol. The van der Waals surface area contributed by atoms with E-state index in [9.17, 15) is 37.5 Å². The number of nitrogens with one attached hydrogen (secondary N) is 1. The molecular formula is C33H28F3N3O5S2. The van der Waals surface area contributed by atoms with Crippen molar-refractivity contribution in [3.05, 3.63) is 104 Å². The van der Waals surface area contributed by atoms with Crippen molar-refractivity contribution in [2.75, 3.05) is 10.2 Å². The maximum atomic E-state index is 14.1. The number of aromatic nitrogens is 1. The van der Waals surface area contributed by atoms with Gasteiger partial charge in [0.15, 0.2) is 0 Å². The van der Waals surface area contributed by atoms with E-state index >= 15 is 0 Å². The number of halogens is 3. The fourth-order valence-electron chi connectivity index (χ4n) is 5.77. The summed E-state index contributed by atoms with van der Waals surface area (Å²) in [6, 6.07) is 17.4. The van der Waals surface area contributed by atoms with Crippen molar-refractivity contribution in [3.63, 3.8) is 0 Å². The third kappa shape index (κ3) is 5.73. The summed E-state index contributed by atoms with van der Waals surface area (Å²) >= 11 is 1.85. The molecule has 3 atom stereocenters. The van der Waals surface area contributed by atoms with E-state index in [1.165, 1.54) is 34.9 Å². The number of hydrogen-bond acceptors (Lipinski definition) is 7. The number of benzene rings is 3. The molecule has 0 unspecified atom stereocenters. The minimum atomic E-state index is -4.68. The predicted octanol–water partition coefficient (Wildman–Crippen LogP) is 6.37. The molecule has 8 nitrogen and oxygen atoms in total. The molecule has 4 aromatic rings. The second kappa shape index (κ2) is 11.5. The molecule has 0 aliphatic carbocycles. The number of nitrogens with zero attached hydrogens (tertiary/aromatic N) is 2. The Labute approximate surface area is 269 Å². The highest BCUT2D eigenvalue weighted by atomic mass is 32.2. The van der Waals surface area contributed by atoms with Gasteiger partial charge < -0.3 is 10.4 Å². The number of thioether (sulfide) groups is 1. The second-order valence-electron chi connectivity index (χ2n) is 12.2. The van der Waals surface area contributed by atoms with Gasteiger partial charge in [-0.1, -0.05) is 74.2 Å². The number of amides is 3. The lowest BCUT2D eigenvalue weighted by Gasteiger charge is -2.31. The lowest BCUT2D eigenvalue weighted by Crippen LogP contribution is -2.33. The number of phenols is 1. The van der Waals surface area contributed by atoms with Gasteiger partial charge in [0, 0.05) is 16.5 Å². The van der Waals surface area contributed by atoms with E-state index in [1.54, 1.807) is 0 Å². The van der Waals surface area contributed by atoms with Crippen molar-refractivity contribution in [3.8, 4) is 5.75 Å². The highest BCUT2D eigenvalue weighted by molar-refractivity contribution is 8.00. The first-order chi connectivity index (χ1) is 21.6. The van der Waals surface area contributed by atoms with Crippen LogP contribution in [0, 0.1) is 5.92 Å². The van der Waals surface area contributed by atoms with E-state index in [4.69, 9.17) is 0 Å². The minimum Gasteiger partial charge on any atom is -0.508 e. The van der Waals surface area contributed by atoms with Crippen molar-refractivity contribution < 1.29 is 32.7 Å². The van der Waals surface area contributed by atoms with Crippen LogP contribution in [0.5, 0.6) is 5.75 Å². The summed E-state index contributed by atoms with van der Waals surface area (Å²) < 4.78 is 41.9. The Morgan fingerprint density at radius 1 is 0.913 bits per heavy atom. The monoisotopic (exact) mass is 667 g/mol. The average molecular weight is 668 g/mol. The summed E-state index contributed by atoms with van der Waals surface area (Å²) in [7, 11) is 0. The summed E-state index contributed by atoms with van der Waals surface area (Å²) in [5, 5.41) is 11.5. The Morgan fingerprint density at radius 3 is 2.22 bits per heavy atom. The number of hydrogen-bond donors (Lipinski definition) is 2. The lowest BCUT2D eigenvalue weighted by atomic mass is 9.81. The molecule has 0 radical (unpaired) electrons. The number of rotatable bonds is 5. The number of carbonyl (C=O) groups is 3. The van der Waals surface area contributed by atoms with Gasteiger partial charge in [0.05, 0.1) is 22.2 Å². The van der Waals surface area contributed by atoms with Crippen LogP contribution in [-0.4, -0.2) is 32.6 Å². The fourth-order valence-corrected chi connectivity index (χ4v) is 8.54. The van der Waals surface area contributed by atoms with Crippen LogP contribution in [0.15, 0.2) is 82.6 Å². The van der Waals surface area contributed by atoms with Gasteiger partial charge in [-0.3, -0.25) is 23.7 Å². The number of aromatic hydroxyl groups is 1. The molecule has 1 fully saturated rings. The van der Waals surface area contributed by atoms with Gasteiger partial charge in [0.1, 0.15) is 17.5 Å². The van der Waals surface area contributed by atoms with Gasteiger partial charge >= 0.3 is 11.0 Å². The average Bonchev–Trinajstić information content (AvgIpc) is 3.43. The summed E-state index contributed by atoms with van der Waals surface area (Å²) in [4.78, 5) is 55.2. The van der Waals surface area contributed by atoms with E-state index in [-0.39, 0.29) is 23.4 Å². The van der Waals surface area contributed by atoms with Crippen LogP contribution in [-0.2, 0) is 32.5 Å². The Balaban J connectivity index is 1.42. The third-order valence-corrected chi connectivity index (χ3v) is 10.7. The highest BCUT2D eigenvalue weighted by Crippen LogP contribution is 2.54. The molecule has 46 heavy (non-hydrogen) atoms. The van der Waals surface area contributed by atoms with E-state index in [1.807, 2.05) is 24.3 Å². The Hall–Kier alpha value is -4.36. The van der Waals surface area contributed by atoms with Gasteiger partial charge in [-0.15, -0.1) is 0 Å². The number of thiazole rings is 1. The van der Waals surface area contributed by atoms with Crippen LogP contribution in [0.1, 0.15) is 48.3 Å². The van der Waals surface area contributed by atoms with Crippen molar-refractivity contribution >= 4 is 52.2 Å². The topological polar surface area (TPSA) is 109 Å². The van der Waals surface area contributed by atoms with Gasteiger partial charge in [0.25, 0.3) is 0 Å². The third-order valence-electron chi connectivity index (χ3n) is 8.07. The molecule has 13 heteroatoms. The minimum absolute atomic E-state index is 0.0172. The number of alkyl halides is 3. The largest absolute Gasteiger partial charge is 0.508 e. The summed E-state index contributed by atoms with van der Waals surface area (Å²) in [6.45, 7) is 5.77. The predicted molar refractivity (Wildman–Crippen MR) is 169 cm³/mol. The van der Waals surface area contributed by atoms with Crippen LogP contribution in [0.3, 0.4) is 0 Å². The molecule has 3 amide bonds. The van der Waals surface area contributed by atoms with Gasteiger partial charge in [-0.2, -0.15) is 13.2 Å². The molecule has 0 saturated carbocycles. The molecule has 0 spiro atoms. The number of anilines is 2. The first-order valence-corrected chi connectivity index (χ1v) is 16.0. The maximum Gasteiger partial charge on any atom is 0.416 e. The summed E-state index contributed by atoms with van der Waals surface area (Å²) in [5.41, 5.74) is 0.740. The van der Waals surface area contributed by atoms with Crippen LogP contribution < -0.4 is 15.1 Å². The summed E-state index contributed by atoms with van der Waals surface area (Å²) in [5.74, 6) is -3.63. The maximum absolute atomic E-state index is 14.1. The van der Waals surface area contributed by atoms with Crippen LogP contribution in [0.25, 0.3) is 0 Å². The van der Waals surface area contributed by atoms with Crippen LogP contribution in [0.4, 0.5) is 24.5 Å². The van der Waals surface area contributed by atoms with Crippen LogP contribution >= 0.6 is 23.1 Å². The molecule has 2 aliphatic rings. The van der Waals surface area contributed by atoms with E-state index in [2.05, 4.69) is 26.1 Å². The molecule has 1 saturated heterocycles. The molecule has 3 aromatic carbocycles. The smallest absolute Gasteiger partial charge is 0.416 e. The zero-order valence-electron chi connectivity index (χ0n) is 24.8. The number of fused-ring (bicyclic) bond motifs is 2. The molecule has 2 N–H and O–H groups in total. The van der Waals surface area contributed by atoms with Crippen molar-refractivity contribution in [2.45, 2.75) is 55.1 Å². The highest BCUT2D eigenvalue weighted by Gasteiger charge is 2.57. The summed E-state index contributed by atoms with van der Waals surface area (Å²) in [6.07, 6.45) is -4.68. The van der Waals surface area contributed by atoms with Crippen molar-refractivity contribution in [1.29, 1.82) is 0 Å². The molecule has 3 heterocycles. The molecule has 0 bridgehead atoms. The zero-order valence-corrected chi connectivity index (χ0v) is 26.4. The number of imide groups is 1. The number of carbonyl (C=O) groups excluding carboxylic acids is 3. The van der Waals surface area contributed by atoms with E-state index in [0.717, 1.165) is 51.8 Å². The normalized spacial score (nSPS) is 19.6. The number of phenolic OH excluding ortho intramolecular Hbond substituents is 1. The lowest BCUT2D eigenvalue weighted by molar-refractivity contribution is -0.137. The zero-order chi connectivity index (χ0) is 33.1. The quantitative estimate of drug-likeness (QED) is 0.189. The van der Waals surface area contributed by atoms with Gasteiger partial charge in [-0.25, -0.2) is 4.90 Å². The van der Waals surface area contributed by atoms with Crippen molar-refractivity contribution in [2.24, 2.45) is 5.92 Å². The first-order valence-electron chi connectivity index (χ1n) is 14.3. The van der Waals surface area contributed by atoms with Gasteiger partial charge in [-0.05, 0) is 59.0 Å². The molecule has 1 aromatic heterocycles. The van der Waals surface area contributed by atoms with Crippen LogP contribution in [0.2, 0.25) is 0 Å². The van der Waals surface area contributed by atoms with E-state index in [0.29, 0.717) is 21.2 Å². The SMILES string of the molecule is CC(C)(C)c1ccc([C@@H]2c3sc(=O)n(CC(=O)Nc4ccc(O)cc4)c3S[C@H]3C(=O)N(c4cccc(C(F)(F)F)c4)C(=O)[C@@H]23)cc1. The molecule has 238 valence electrons. The molecule has 6 rings (SSSR count). The van der Waals surface area contributed by atoms with Gasteiger partial charge in [0.2, 0.25) is 17.7 Å². The van der Waals surface area contributed by atoms with Crippen molar-refractivity contribution in [1.82, 2.24) is 4.57 Å².